The van der Waals surface area contributed by atoms with Crippen molar-refractivity contribution in [3.05, 3.63) is 48.3 Å². The normalized spacial score (nSPS) is 20.8. The van der Waals surface area contributed by atoms with Gasteiger partial charge in [0, 0.05) is 82.0 Å². The number of benzene rings is 1. The van der Waals surface area contributed by atoms with E-state index in [-0.39, 0.29) is 5.91 Å². The number of hydrogen-bond acceptors (Lipinski definition) is 6. The van der Waals surface area contributed by atoms with E-state index in [9.17, 15) is 4.79 Å². The lowest BCUT2D eigenvalue weighted by molar-refractivity contribution is 0.0246. The topological polar surface area (TPSA) is 55.8 Å². The number of likely N-dealkylation sites (tertiary alicyclic amines) is 1. The Balaban J connectivity index is 1.11. The second-order valence-electron chi connectivity index (χ2n) is 8.18. The molecule has 3 saturated heterocycles. The molecule has 7 nitrogen and oxygen atoms in total. The van der Waals surface area contributed by atoms with E-state index in [2.05, 4.69) is 36.8 Å². The Kier molecular flexibility index (Phi) is 5.06. The van der Waals surface area contributed by atoms with Gasteiger partial charge in [-0.3, -0.25) is 9.69 Å². The molecular formula is C22H28N6O. The Morgan fingerprint density at radius 2 is 1.48 bits per heavy atom. The van der Waals surface area contributed by atoms with E-state index >= 15 is 0 Å². The Morgan fingerprint density at radius 3 is 2.14 bits per heavy atom. The van der Waals surface area contributed by atoms with Gasteiger partial charge in [-0.1, -0.05) is 0 Å². The molecule has 3 aliphatic rings. The molecule has 0 aliphatic carbocycles. The molecule has 5 rings (SSSR count). The summed E-state index contributed by atoms with van der Waals surface area (Å²) in [4.78, 5) is 30.6. The molecule has 0 unspecified atom stereocenters. The van der Waals surface area contributed by atoms with Crippen molar-refractivity contribution in [2.24, 2.45) is 0 Å². The van der Waals surface area contributed by atoms with Crippen molar-refractivity contribution < 1.29 is 4.79 Å². The van der Waals surface area contributed by atoms with E-state index in [1.54, 1.807) is 12.4 Å². The van der Waals surface area contributed by atoms with Gasteiger partial charge in [0.15, 0.2) is 0 Å². The third-order valence-corrected chi connectivity index (χ3v) is 6.40. The number of aromatic nitrogens is 2. The van der Waals surface area contributed by atoms with Gasteiger partial charge in [0.1, 0.15) is 0 Å². The molecule has 1 aromatic heterocycles. The quantitative estimate of drug-likeness (QED) is 0.790. The summed E-state index contributed by atoms with van der Waals surface area (Å²) in [5.74, 6) is 0.973. The zero-order valence-electron chi connectivity index (χ0n) is 16.8. The molecule has 3 fully saturated rings. The van der Waals surface area contributed by atoms with Crippen molar-refractivity contribution in [3.8, 4) is 0 Å². The van der Waals surface area contributed by atoms with Gasteiger partial charge in [-0.15, -0.1) is 0 Å². The summed E-state index contributed by atoms with van der Waals surface area (Å²) in [5.41, 5.74) is 2.04. The van der Waals surface area contributed by atoms with Crippen LogP contribution in [-0.2, 0) is 0 Å². The maximum absolute atomic E-state index is 12.8. The average molecular weight is 393 g/mol. The SMILES string of the molecule is O=C(c1ccc(N2CCCC2)cc1)N1CC(N2CCN(c3ncccn3)CC2)C1. The van der Waals surface area contributed by atoms with Crippen molar-refractivity contribution >= 4 is 17.5 Å². The lowest BCUT2D eigenvalue weighted by atomic mass is 10.0. The van der Waals surface area contributed by atoms with E-state index in [1.165, 1.54) is 18.5 Å². The zero-order valence-corrected chi connectivity index (χ0v) is 16.8. The van der Waals surface area contributed by atoms with Gasteiger partial charge in [-0.25, -0.2) is 9.97 Å². The van der Waals surface area contributed by atoms with Crippen molar-refractivity contribution in [2.45, 2.75) is 18.9 Å². The standard InChI is InChI=1S/C22H28N6O/c29-21(18-4-6-19(7-5-18)25-10-1-2-11-25)28-16-20(17-28)26-12-14-27(15-13-26)22-23-8-3-9-24-22/h3-9,20H,1-2,10-17H2. The average Bonchev–Trinajstić information content (AvgIpc) is 3.29. The van der Waals surface area contributed by atoms with Crippen LogP contribution in [0.25, 0.3) is 0 Å². The summed E-state index contributed by atoms with van der Waals surface area (Å²) in [5, 5.41) is 0. The van der Waals surface area contributed by atoms with Gasteiger partial charge in [0.05, 0.1) is 0 Å². The van der Waals surface area contributed by atoms with Gasteiger partial charge in [0.2, 0.25) is 5.95 Å². The molecule has 0 N–H and O–H groups in total. The molecule has 2 aromatic rings. The number of hydrogen-bond donors (Lipinski definition) is 0. The predicted octanol–water partition coefficient (Wildman–Crippen LogP) is 1.72. The van der Waals surface area contributed by atoms with Gasteiger partial charge in [0.25, 0.3) is 5.91 Å². The van der Waals surface area contributed by atoms with Gasteiger partial charge in [-0.05, 0) is 43.2 Å². The highest BCUT2D eigenvalue weighted by Crippen LogP contribution is 2.23. The molecule has 7 heteroatoms. The zero-order chi connectivity index (χ0) is 19.6. The van der Waals surface area contributed by atoms with Crippen LogP contribution in [-0.4, -0.2) is 84.1 Å². The Labute approximate surface area is 171 Å². The molecule has 0 saturated carbocycles. The minimum atomic E-state index is 0.158. The molecule has 0 bridgehead atoms. The fourth-order valence-corrected chi connectivity index (χ4v) is 4.57. The Morgan fingerprint density at radius 1 is 0.828 bits per heavy atom. The Hall–Kier alpha value is -2.67. The van der Waals surface area contributed by atoms with Gasteiger partial charge >= 0.3 is 0 Å². The number of carbonyl (C=O) groups excluding carboxylic acids is 1. The summed E-state index contributed by atoms with van der Waals surface area (Å²) < 4.78 is 0. The first-order chi connectivity index (χ1) is 14.3. The summed E-state index contributed by atoms with van der Waals surface area (Å²) in [6.07, 6.45) is 6.12. The Bertz CT molecular complexity index is 822. The maximum Gasteiger partial charge on any atom is 0.253 e. The highest BCUT2D eigenvalue weighted by atomic mass is 16.2. The molecule has 3 aliphatic heterocycles. The first kappa shape index (κ1) is 18.4. The van der Waals surface area contributed by atoms with Crippen LogP contribution in [0.4, 0.5) is 11.6 Å². The van der Waals surface area contributed by atoms with E-state index in [1.807, 2.05) is 23.1 Å². The minimum Gasteiger partial charge on any atom is -0.372 e. The number of piperazine rings is 1. The maximum atomic E-state index is 12.8. The van der Waals surface area contributed by atoms with Gasteiger partial charge in [-0.2, -0.15) is 0 Å². The molecule has 1 amide bonds. The number of carbonyl (C=O) groups is 1. The lowest BCUT2D eigenvalue weighted by Crippen LogP contribution is -2.64. The van der Waals surface area contributed by atoms with Crippen molar-refractivity contribution in [1.82, 2.24) is 19.8 Å². The second-order valence-corrected chi connectivity index (χ2v) is 8.18. The molecule has 152 valence electrons. The molecule has 1 aromatic carbocycles. The van der Waals surface area contributed by atoms with Crippen LogP contribution < -0.4 is 9.80 Å². The fourth-order valence-electron chi connectivity index (χ4n) is 4.57. The van der Waals surface area contributed by atoms with Gasteiger partial charge < -0.3 is 14.7 Å². The smallest absolute Gasteiger partial charge is 0.253 e. The fraction of sp³-hybridized carbons (Fsp3) is 0.500. The highest BCUT2D eigenvalue weighted by molar-refractivity contribution is 5.95. The van der Waals surface area contributed by atoms with Crippen molar-refractivity contribution in [3.63, 3.8) is 0 Å². The first-order valence-corrected chi connectivity index (χ1v) is 10.7. The molecular weight excluding hydrogens is 364 g/mol. The van der Waals surface area contributed by atoms with Crippen molar-refractivity contribution in [1.29, 1.82) is 0 Å². The number of amides is 1. The van der Waals surface area contributed by atoms with Crippen LogP contribution >= 0.6 is 0 Å². The molecule has 0 atom stereocenters. The van der Waals surface area contributed by atoms with E-state index < -0.39 is 0 Å². The largest absolute Gasteiger partial charge is 0.372 e. The van der Waals surface area contributed by atoms with E-state index in [4.69, 9.17) is 0 Å². The van der Waals surface area contributed by atoms with Crippen LogP contribution in [0.15, 0.2) is 42.7 Å². The summed E-state index contributed by atoms with van der Waals surface area (Å²) in [7, 11) is 0. The third kappa shape index (κ3) is 3.79. The minimum absolute atomic E-state index is 0.158. The monoisotopic (exact) mass is 392 g/mol. The molecule has 0 spiro atoms. The summed E-state index contributed by atoms with van der Waals surface area (Å²) in [6, 6.07) is 10.5. The summed E-state index contributed by atoms with van der Waals surface area (Å²) in [6.45, 7) is 7.78. The summed E-state index contributed by atoms with van der Waals surface area (Å²) >= 11 is 0. The van der Waals surface area contributed by atoms with Crippen LogP contribution in [0.1, 0.15) is 23.2 Å². The predicted molar refractivity (Wildman–Crippen MR) is 113 cm³/mol. The highest BCUT2D eigenvalue weighted by Gasteiger charge is 2.36. The van der Waals surface area contributed by atoms with Crippen LogP contribution in [0.2, 0.25) is 0 Å². The number of anilines is 2. The van der Waals surface area contributed by atoms with Crippen LogP contribution in [0, 0.1) is 0 Å². The van der Waals surface area contributed by atoms with Crippen molar-refractivity contribution in [2.75, 3.05) is 62.2 Å². The molecule has 0 radical (unpaired) electrons. The van der Waals surface area contributed by atoms with Crippen LogP contribution in [0.3, 0.4) is 0 Å². The van der Waals surface area contributed by atoms with E-state index in [0.29, 0.717) is 6.04 Å². The first-order valence-electron chi connectivity index (χ1n) is 10.7. The second kappa shape index (κ2) is 7.99. The number of nitrogens with zero attached hydrogens (tertiary/aromatic N) is 6. The lowest BCUT2D eigenvalue weighted by Gasteiger charge is -2.48. The van der Waals surface area contributed by atoms with Crippen LogP contribution in [0.5, 0.6) is 0 Å². The number of rotatable bonds is 4. The molecule has 29 heavy (non-hydrogen) atoms. The third-order valence-electron chi connectivity index (χ3n) is 6.40. The molecule has 4 heterocycles. The van der Waals surface area contributed by atoms with E-state index in [0.717, 1.165) is 63.9 Å².